The van der Waals surface area contributed by atoms with Crippen LogP contribution in [0.3, 0.4) is 0 Å². The van der Waals surface area contributed by atoms with E-state index in [4.69, 9.17) is 5.73 Å². The second kappa shape index (κ2) is 4.72. The van der Waals surface area contributed by atoms with Crippen LogP contribution < -0.4 is 5.73 Å². The highest BCUT2D eigenvalue weighted by Crippen LogP contribution is 2.36. The summed E-state index contributed by atoms with van der Waals surface area (Å²) in [7, 11) is 0. The van der Waals surface area contributed by atoms with Gasteiger partial charge in [0.15, 0.2) is 0 Å². The monoisotopic (exact) mass is 245 g/mol. The first-order valence-corrected chi connectivity index (χ1v) is 5.89. The van der Waals surface area contributed by atoms with Crippen LogP contribution in [0.2, 0.25) is 0 Å². The van der Waals surface area contributed by atoms with Crippen LogP contribution in [-0.2, 0) is 20.8 Å². The molecule has 0 bridgehead atoms. The van der Waals surface area contributed by atoms with Gasteiger partial charge >= 0.3 is 0 Å². The van der Waals surface area contributed by atoms with Gasteiger partial charge in [0, 0.05) is 12.8 Å². The standard InChI is InChI=1S/C14H15NO3/c15-13(18)14(7-10-4-2-1-3-5-10)8-11(16)6-12(17)9-14/h1-5H,6-9H2,(H2,15,18). The van der Waals surface area contributed by atoms with E-state index in [0.717, 1.165) is 5.56 Å². The molecular formula is C14H15NO3. The Morgan fingerprint density at radius 1 is 1.11 bits per heavy atom. The van der Waals surface area contributed by atoms with Gasteiger partial charge in [-0.05, 0) is 12.0 Å². The molecule has 4 heteroatoms. The minimum absolute atomic E-state index is 0.0657. The summed E-state index contributed by atoms with van der Waals surface area (Å²) < 4.78 is 0. The predicted molar refractivity (Wildman–Crippen MR) is 65.6 cm³/mol. The number of nitrogens with two attached hydrogens (primary N) is 1. The van der Waals surface area contributed by atoms with Crippen molar-refractivity contribution in [2.45, 2.75) is 25.7 Å². The zero-order chi connectivity index (χ0) is 13.2. The molecule has 1 aliphatic rings. The molecule has 0 saturated heterocycles. The van der Waals surface area contributed by atoms with Crippen LogP contribution in [0.15, 0.2) is 30.3 Å². The molecule has 0 unspecified atom stereocenters. The summed E-state index contributed by atoms with van der Waals surface area (Å²) in [6.45, 7) is 0. The van der Waals surface area contributed by atoms with Crippen LogP contribution in [0.5, 0.6) is 0 Å². The molecule has 0 radical (unpaired) electrons. The van der Waals surface area contributed by atoms with E-state index in [1.165, 1.54) is 0 Å². The smallest absolute Gasteiger partial charge is 0.224 e. The highest BCUT2D eigenvalue weighted by molar-refractivity contribution is 6.06. The molecule has 0 aromatic heterocycles. The molecule has 1 fully saturated rings. The van der Waals surface area contributed by atoms with Crippen molar-refractivity contribution < 1.29 is 14.4 Å². The third-order valence-corrected chi connectivity index (χ3v) is 3.37. The maximum atomic E-state index is 11.7. The van der Waals surface area contributed by atoms with Gasteiger partial charge in [0.1, 0.15) is 11.6 Å². The highest BCUT2D eigenvalue weighted by Gasteiger charge is 2.44. The Kier molecular flexibility index (Phi) is 3.28. The van der Waals surface area contributed by atoms with Crippen LogP contribution >= 0.6 is 0 Å². The Morgan fingerprint density at radius 2 is 1.67 bits per heavy atom. The van der Waals surface area contributed by atoms with Crippen molar-refractivity contribution >= 4 is 17.5 Å². The number of benzene rings is 1. The van der Waals surface area contributed by atoms with Crippen LogP contribution in [-0.4, -0.2) is 17.5 Å². The molecule has 1 saturated carbocycles. The maximum Gasteiger partial charge on any atom is 0.224 e. The summed E-state index contributed by atoms with van der Waals surface area (Å²) in [5.41, 5.74) is 5.31. The van der Waals surface area contributed by atoms with Gasteiger partial charge in [-0.2, -0.15) is 0 Å². The second-order valence-corrected chi connectivity index (χ2v) is 4.91. The average molecular weight is 245 g/mol. The fraction of sp³-hybridized carbons (Fsp3) is 0.357. The minimum Gasteiger partial charge on any atom is -0.369 e. The van der Waals surface area contributed by atoms with E-state index in [2.05, 4.69) is 0 Å². The van der Waals surface area contributed by atoms with Crippen LogP contribution in [0.1, 0.15) is 24.8 Å². The summed E-state index contributed by atoms with van der Waals surface area (Å²) in [4.78, 5) is 34.8. The van der Waals surface area contributed by atoms with Crippen molar-refractivity contribution in [1.82, 2.24) is 0 Å². The molecule has 1 aromatic rings. The molecule has 1 amide bonds. The molecule has 2 N–H and O–H groups in total. The van der Waals surface area contributed by atoms with E-state index < -0.39 is 11.3 Å². The Labute approximate surface area is 105 Å². The van der Waals surface area contributed by atoms with Gasteiger partial charge in [-0.15, -0.1) is 0 Å². The van der Waals surface area contributed by atoms with Crippen LogP contribution in [0.25, 0.3) is 0 Å². The lowest BCUT2D eigenvalue weighted by Gasteiger charge is -2.32. The van der Waals surface area contributed by atoms with Gasteiger partial charge in [0.2, 0.25) is 5.91 Å². The molecule has 4 nitrogen and oxygen atoms in total. The lowest BCUT2D eigenvalue weighted by molar-refractivity contribution is -0.143. The molecule has 0 heterocycles. The Morgan fingerprint density at radius 3 is 2.17 bits per heavy atom. The first kappa shape index (κ1) is 12.5. The topological polar surface area (TPSA) is 77.2 Å². The fourth-order valence-corrected chi connectivity index (χ4v) is 2.54. The summed E-state index contributed by atoms with van der Waals surface area (Å²) in [6, 6.07) is 9.33. The number of hydrogen-bond donors (Lipinski definition) is 1. The van der Waals surface area contributed by atoms with Crippen LogP contribution in [0.4, 0.5) is 0 Å². The number of carbonyl (C=O) groups excluding carboxylic acids is 3. The number of hydrogen-bond acceptors (Lipinski definition) is 3. The lowest BCUT2D eigenvalue weighted by Crippen LogP contribution is -2.45. The minimum atomic E-state index is -1.03. The van der Waals surface area contributed by atoms with E-state index in [1.54, 1.807) is 0 Å². The molecule has 94 valence electrons. The first-order chi connectivity index (χ1) is 8.52. The second-order valence-electron chi connectivity index (χ2n) is 4.91. The van der Waals surface area contributed by atoms with Gasteiger partial charge < -0.3 is 5.73 Å². The number of ketones is 2. The number of carbonyl (C=O) groups is 3. The van der Waals surface area contributed by atoms with E-state index in [-0.39, 0.29) is 30.8 Å². The van der Waals surface area contributed by atoms with E-state index in [0.29, 0.717) is 6.42 Å². The van der Waals surface area contributed by atoms with Gasteiger partial charge in [-0.3, -0.25) is 14.4 Å². The van der Waals surface area contributed by atoms with E-state index in [1.807, 2.05) is 30.3 Å². The number of Topliss-reactive ketones (excluding diaryl/α,β-unsaturated/α-hetero) is 2. The van der Waals surface area contributed by atoms with E-state index in [9.17, 15) is 14.4 Å². The Balaban J connectivity index is 2.30. The van der Waals surface area contributed by atoms with Gasteiger partial charge in [0.05, 0.1) is 11.8 Å². The summed E-state index contributed by atoms with van der Waals surface area (Å²) in [6.07, 6.45) is 0.427. The molecule has 1 aromatic carbocycles. The molecule has 1 aliphatic carbocycles. The summed E-state index contributed by atoms with van der Waals surface area (Å²) in [5.74, 6) is -0.949. The lowest BCUT2D eigenvalue weighted by atomic mass is 9.69. The predicted octanol–water partition coefficient (Wildman–Crippen LogP) is 1.02. The highest BCUT2D eigenvalue weighted by atomic mass is 16.2. The molecule has 0 atom stereocenters. The van der Waals surface area contributed by atoms with Gasteiger partial charge in [-0.1, -0.05) is 30.3 Å². The summed E-state index contributed by atoms with van der Waals surface area (Å²) >= 11 is 0. The third kappa shape index (κ3) is 2.47. The average Bonchev–Trinajstić information content (AvgIpc) is 2.28. The van der Waals surface area contributed by atoms with Crippen molar-refractivity contribution in [2.24, 2.45) is 11.1 Å². The molecule has 0 spiro atoms. The Bertz CT molecular complexity index is 477. The largest absolute Gasteiger partial charge is 0.369 e. The summed E-state index contributed by atoms with van der Waals surface area (Å²) in [5, 5.41) is 0. The number of amides is 1. The molecule has 2 rings (SSSR count). The van der Waals surface area contributed by atoms with Crippen molar-refractivity contribution in [3.8, 4) is 0 Å². The van der Waals surface area contributed by atoms with Crippen LogP contribution in [0, 0.1) is 5.41 Å². The van der Waals surface area contributed by atoms with E-state index >= 15 is 0 Å². The molecular weight excluding hydrogens is 230 g/mol. The zero-order valence-electron chi connectivity index (χ0n) is 10.0. The third-order valence-electron chi connectivity index (χ3n) is 3.37. The van der Waals surface area contributed by atoms with Crippen molar-refractivity contribution in [3.63, 3.8) is 0 Å². The normalized spacial score (nSPS) is 18.7. The quantitative estimate of drug-likeness (QED) is 0.808. The molecule has 18 heavy (non-hydrogen) atoms. The number of rotatable bonds is 3. The first-order valence-electron chi connectivity index (χ1n) is 5.89. The zero-order valence-corrected chi connectivity index (χ0v) is 10.0. The van der Waals surface area contributed by atoms with Crippen molar-refractivity contribution in [3.05, 3.63) is 35.9 Å². The molecule has 0 aliphatic heterocycles. The van der Waals surface area contributed by atoms with Gasteiger partial charge in [0.25, 0.3) is 0 Å². The fourth-order valence-electron chi connectivity index (χ4n) is 2.54. The SMILES string of the molecule is NC(=O)C1(Cc2ccccc2)CC(=O)CC(=O)C1. The Hall–Kier alpha value is -1.97. The van der Waals surface area contributed by atoms with Crippen molar-refractivity contribution in [2.75, 3.05) is 0 Å². The van der Waals surface area contributed by atoms with Gasteiger partial charge in [-0.25, -0.2) is 0 Å². The maximum absolute atomic E-state index is 11.7. The van der Waals surface area contributed by atoms with Crippen molar-refractivity contribution in [1.29, 1.82) is 0 Å². The number of primary amides is 1.